The van der Waals surface area contributed by atoms with Crippen molar-refractivity contribution in [1.82, 2.24) is 0 Å². The Balaban J connectivity index is 2.29. The summed E-state index contributed by atoms with van der Waals surface area (Å²) in [4.78, 5) is 0. The Labute approximate surface area is 192 Å². The first-order valence-corrected chi connectivity index (χ1v) is 12.7. The number of hydrogen-bond acceptors (Lipinski definition) is 0. The van der Waals surface area contributed by atoms with Gasteiger partial charge in [0.2, 0.25) is 0 Å². The molecule has 3 rings (SSSR count). The van der Waals surface area contributed by atoms with Crippen LogP contribution in [0.5, 0.6) is 0 Å². The van der Waals surface area contributed by atoms with Crippen molar-refractivity contribution in [2.45, 2.75) is 111 Å². The third-order valence-corrected chi connectivity index (χ3v) is 8.49. The van der Waals surface area contributed by atoms with E-state index in [-0.39, 0.29) is 36.9 Å². The molecule has 1 aliphatic heterocycles. The molecule has 0 atom stereocenters. The number of fused-ring (bicyclic) bond motifs is 2. The van der Waals surface area contributed by atoms with Crippen LogP contribution in [0.25, 0.3) is 0 Å². The summed E-state index contributed by atoms with van der Waals surface area (Å²) in [5, 5.41) is 0. The maximum absolute atomic E-state index is 2.53. The summed E-state index contributed by atoms with van der Waals surface area (Å²) in [6, 6.07) is 10.1. The molecule has 0 radical (unpaired) electrons. The minimum atomic E-state index is 0.108. The molecule has 1 heterocycles. The predicted molar refractivity (Wildman–Crippen MR) is 136 cm³/mol. The number of rotatable bonds is 0. The van der Waals surface area contributed by atoms with Crippen molar-refractivity contribution >= 4 is 24.1 Å². The molecule has 0 saturated carbocycles. The number of benzene rings is 2. The van der Waals surface area contributed by atoms with Crippen molar-refractivity contribution in [2.24, 2.45) is 0 Å². The van der Waals surface area contributed by atoms with Gasteiger partial charge in [-0.05, 0) is 0 Å². The summed E-state index contributed by atoms with van der Waals surface area (Å²) in [7, 11) is 0. The van der Waals surface area contributed by atoms with Crippen LogP contribution in [0.1, 0.15) is 116 Å². The third kappa shape index (κ3) is 4.59. The Bertz CT molecular complexity index is 884. The van der Waals surface area contributed by atoms with E-state index in [1.807, 2.05) is 0 Å². The molecule has 160 valence electrons. The fourth-order valence-corrected chi connectivity index (χ4v) is 6.89. The zero-order valence-corrected chi connectivity index (χ0v) is 22.7. The van der Waals surface area contributed by atoms with Gasteiger partial charge in [-0.2, -0.15) is 0 Å². The normalized spacial score (nSPS) is 14.5. The molecule has 1 aliphatic rings. The van der Waals surface area contributed by atoms with Gasteiger partial charge < -0.3 is 0 Å². The van der Waals surface area contributed by atoms with Crippen molar-refractivity contribution in [3.8, 4) is 0 Å². The summed E-state index contributed by atoms with van der Waals surface area (Å²) in [6.07, 6.45) is 1.08. The van der Waals surface area contributed by atoms with Crippen molar-refractivity contribution < 1.29 is 0 Å². The molecular formula is C29H42Al+. The van der Waals surface area contributed by atoms with Crippen LogP contribution in [0.2, 0.25) is 0 Å². The Morgan fingerprint density at radius 3 is 1.10 bits per heavy atom. The van der Waals surface area contributed by atoms with Crippen LogP contribution < -0.4 is 8.85 Å². The average molecular weight is 418 g/mol. The van der Waals surface area contributed by atoms with Crippen molar-refractivity contribution in [3.63, 3.8) is 0 Å². The molecule has 0 aromatic heterocycles. The summed E-state index contributed by atoms with van der Waals surface area (Å²) in [5.41, 5.74) is 9.97. The van der Waals surface area contributed by atoms with E-state index in [1.54, 1.807) is 31.1 Å². The molecule has 0 spiro atoms. The molecule has 0 unspecified atom stereocenters. The summed E-state index contributed by atoms with van der Waals surface area (Å²) in [6.45, 7) is 28.4. The second-order valence-electron chi connectivity index (χ2n) is 13.5. The predicted octanol–water partition coefficient (Wildman–Crippen LogP) is 6.44. The van der Waals surface area contributed by atoms with E-state index < -0.39 is 0 Å². The van der Waals surface area contributed by atoms with Crippen LogP contribution in [0.3, 0.4) is 0 Å². The molecule has 2 aromatic carbocycles. The van der Waals surface area contributed by atoms with E-state index in [9.17, 15) is 0 Å². The van der Waals surface area contributed by atoms with E-state index >= 15 is 0 Å². The van der Waals surface area contributed by atoms with Gasteiger partial charge in [0.25, 0.3) is 0 Å². The molecule has 0 aliphatic carbocycles. The van der Waals surface area contributed by atoms with Crippen LogP contribution in [-0.4, -0.2) is 15.2 Å². The Kier molecular flexibility index (Phi) is 5.71. The van der Waals surface area contributed by atoms with Gasteiger partial charge in [-0.25, -0.2) is 0 Å². The second kappa shape index (κ2) is 7.25. The Morgan fingerprint density at radius 2 is 0.833 bits per heavy atom. The molecule has 0 fully saturated rings. The van der Waals surface area contributed by atoms with Gasteiger partial charge in [0.15, 0.2) is 0 Å². The van der Waals surface area contributed by atoms with E-state index in [2.05, 4.69) is 107 Å². The van der Waals surface area contributed by atoms with Gasteiger partial charge in [-0.15, -0.1) is 0 Å². The van der Waals surface area contributed by atoms with Gasteiger partial charge in [-0.3, -0.25) is 0 Å². The van der Waals surface area contributed by atoms with E-state index in [1.165, 1.54) is 11.1 Å². The summed E-state index contributed by atoms with van der Waals surface area (Å²) in [5.74, 6) is 0. The monoisotopic (exact) mass is 417 g/mol. The standard InChI is InChI=1S/C29H42.Al/c1-26(2,3)22-14-20(15-23(18-22)27(4,5)6)13-21-16-24(28(7,8)9)19-25(17-21)29(10,11)12;/h14,16,18-19H,13H2,1-12H3;/q;+1. The Morgan fingerprint density at radius 1 is 0.500 bits per heavy atom. The second-order valence-corrected chi connectivity index (χ2v) is 15.0. The van der Waals surface area contributed by atoms with Crippen LogP contribution in [0.4, 0.5) is 0 Å². The van der Waals surface area contributed by atoms with E-state index in [4.69, 9.17) is 0 Å². The van der Waals surface area contributed by atoms with Gasteiger partial charge in [0.1, 0.15) is 0 Å². The van der Waals surface area contributed by atoms with Crippen molar-refractivity contribution in [2.75, 3.05) is 0 Å². The van der Waals surface area contributed by atoms with E-state index in [0.29, 0.717) is 0 Å². The van der Waals surface area contributed by atoms with Gasteiger partial charge in [0, 0.05) is 0 Å². The molecule has 0 bridgehead atoms. The maximum atomic E-state index is 2.53. The summed E-state index contributed by atoms with van der Waals surface area (Å²) >= 11 is 0.108. The molecule has 2 aromatic rings. The van der Waals surface area contributed by atoms with Gasteiger partial charge in [0.05, 0.1) is 0 Å². The molecule has 30 heavy (non-hydrogen) atoms. The first-order valence-electron chi connectivity index (χ1n) is 11.6. The first kappa shape index (κ1) is 23.6. The van der Waals surface area contributed by atoms with Gasteiger partial charge in [-0.1, -0.05) is 0 Å². The van der Waals surface area contributed by atoms with Crippen molar-refractivity contribution in [1.29, 1.82) is 0 Å². The number of hydrogen-bond donors (Lipinski definition) is 0. The molecule has 0 nitrogen and oxygen atoms in total. The summed E-state index contributed by atoms with van der Waals surface area (Å²) < 4.78 is 3.33. The van der Waals surface area contributed by atoms with Gasteiger partial charge >= 0.3 is 193 Å². The SMILES string of the molecule is CC(C)(C)c1cc2[c](c(C(C)(C)C)c1)[Al+][c]1c(cc(C(C)(C)C)cc1C(C)(C)C)C2. The van der Waals surface area contributed by atoms with Crippen LogP contribution >= 0.6 is 0 Å². The zero-order chi connectivity index (χ0) is 22.9. The molecule has 0 N–H and O–H groups in total. The molecule has 0 amide bonds. The van der Waals surface area contributed by atoms with Crippen LogP contribution in [0.15, 0.2) is 24.3 Å². The fraction of sp³-hybridized carbons (Fsp3) is 0.586. The third-order valence-electron chi connectivity index (χ3n) is 6.55. The molecule has 1 heteroatoms. The van der Waals surface area contributed by atoms with Crippen molar-refractivity contribution in [3.05, 3.63) is 57.6 Å². The molecule has 0 saturated heterocycles. The van der Waals surface area contributed by atoms with Crippen LogP contribution in [0, 0.1) is 0 Å². The zero-order valence-electron chi connectivity index (χ0n) is 21.6. The Hall–Kier alpha value is -1.03. The molecular weight excluding hydrogens is 375 g/mol. The minimum absolute atomic E-state index is 0.108. The topological polar surface area (TPSA) is 0 Å². The van der Waals surface area contributed by atoms with E-state index in [0.717, 1.165) is 6.42 Å². The average Bonchev–Trinajstić information content (AvgIpc) is 2.54. The fourth-order valence-electron chi connectivity index (χ4n) is 4.52. The first-order chi connectivity index (χ1) is 13.4. The van der Waals surface area contributed by atoms with Crippen LogP contribution in [-0.2, 0) is 28.1 Å². The quantitative estimate of drug-likeness (QED) is 0.369.